The molecule has 0 amide bonds. The number of hydrogen-bond acceptors (Lipinski definition) is 3. The fourth-order valence-electron chi connectivity index (χ4n) is 3.49. The largest absolute Gasteiger partial charge is 0.461 e. The van der Waals surface area contributed by atoms with E-state index in [-0.39, 0.29) is 19.0 Å². The maximum atomic E-state index is 11.8. The van der Waals surface area contributed by atoms with Crippen molar-refractivity contribution in [2.45, 2.75) is 116 Å². The van der Waals surface area contributed by atoms with E-state index < -0.39 is 6.10 Å². The molecule has 0 fully saturated rings. The molecule has 0 radical (unpaired) electrons. The Hall–Kier alpha value is -1.35. The molecule has 1 unspecified atom stereocenters. The minimum Gasteiger partial charge on any atom is -0.461 e. The first kappa shape index (κ1) is 24.7. The molecule has 0 saturated carbocycles. The molecule has 1 atom stereocenters. The fraction of sp³-hybridized carbons (Fsp3) is 0.720. The highest BCUT2D eigenvalue weighted by Gasteiger charge is 2.11. The lowest BCUT2D eigenvalue weighted by Crippen LogP contribution is -2.15. The van der Waals surface area contributed by atoms with Crippen LogP contribution in [0.25, 0.3) is 0 Å². The van der Waals surface area contributed by atoms with Gasteiger partial charge in [-0.05, 0) is 12.0 Å². The molecule has 28 heavy (non-hydrogen) atoms. The quantitative estimate of drug-likeness (QED) is 0.218. The van der Waals surface area contributed by atoms with Crippen LogP contribution in [0.2, 0.25) is 0 Å². The van der Waals surface area contributed by atoms with Crippen LogP contribution in [0.4, 0.5) is 0 Å². The molecule has 3 nitrogen and oxygen atoms in total. The summed E-state index contributed by atoms with van der Waals surface area (Å²) in [7, 11) is 0. The molecule has 0 spiro atoms. The molecule has 0 saturated heterocycles. The number of carbonyl (C=O) groups excluding carboxylic acids is 1. The van der Waals surface area contributed by atoms with Crippen molar-refractivity contribution in [1.29, 1.82) is 0 Å². The van der Waals surface area contributed by atoms with E-state index in [9.17, 15) is 9.90 Å². The molecule has 0 bridgehead atoms. The topological polar surface area (TPSA) is 46.5 Å². The number of aliphatic hydroxyl groups is 1. The van der Waals surface area contributed by atoms with Gasteiger partial charge in [0.25, 0.3) is 0 Å². The van der Waals surface area contributed by atoms with Crippen LogP contribution in [0.3, 0.4) is 0 Å². The van der Waals surface area contributed by atoms with Gasteiger partial charge in [0.2, 0.25) is 0 Å². The molecule has 0 aliphatic carbocycles. The average molecular weight is 391 g/mol. The maximum absolute atomic E-state index is 11.8. The van der Waals surface area contributed by atoms with Crippen molar-refractivity contribution in [3.8, 4) is 0 Å². The summed E-state index contributed by atoms with van der Waals surface area (Å²) in [6.45, 7) is 2.55. The summed E-state index contributed by atoms with van der Waals surface area (Å²) in [6.07, 6.45) is 17.3. The lowest BCUT2D eigenvalue weighted by atomic mass is 10.0. The lowest BCUT2D eigenvalue weighted by molar-refractivity contribution is -0.147. The van der Waals surface area contributed by atoms with Gasteiger partial charge in [0, 0.05) is 0 Å². The van der Waals surface area contributed by atoms with Crippen molar-refractivity contribution >= 4 is 5.97 Å². The van der Waals surface area contributed by atoms with Gasteiger partial charge in [-0.1, -0.05) is 121 Å². The number of ether oxygens (including phenoxy) is 1. The number of rotatable bonds is 18. The average Bonchev–Trinajstić information content (AvgIpc) is 2.70. The molecular formula is C25H42O3. The standard InChI is InChI=1S/C25H42O3/c1-2-3-4-5-6-7-8-9-10-11-12-13-17-20-24(26)21-25(27)28-22-23-18-15-14-16-19-23/h14-16,18-19,24,26H,2-13,17,20-22H2,1H3. The van der Waals surface area contributed by atoms with Crippen LogP contribution in [0.5, 0.6) is 0 Å². The second-order valence-electron chi connectivity index (χ2n) is 8.04. The summed E-state index contributed by atoms with van der Waals surface area (Å²) in [5.41, 5.74) is 0.974. The summed E-state index contributed by atoms with van der Waals surface area (Å²) in [6, 6.07) is 9.64. The van der Waals surface area contributed by atoms with E-state index in [1.54, 1.807) is 0 Å². The zero-order valence-electron chi connectivity index (χ0n) is 18.0. The first-order chi connectivity index (χ1) is 13.7. The Morgan fingerprint density at radius 1 is 0.821 bits per heavy atom. The van der Waals surface area contributed by atoms with Crippen LogP contribution in [0.15, 0.2) is 30.3 Å². The van der Waals surface area contributed by atoms with Gasteiger partial charge in [-0.25, -0.2) is 0 Å². The molecule has 0 aromatic heterocycles. The van der Waals surface area contributed by atoms with Crippen LogP contribution in [0, 0.1) is 0 Å². The van der Waals surface area contributed by atoms with Crippen LogP contribution in [0.1, 0.15) is 109 Å². The third-order valence-corrected chi connectivity index (χ3v) is 5.29. The Kier molecular flexibility index (Phi) is 15.6. The molecule has 3 heteroatoms. The predicted molar refractivity (Wildman–Crippen MR) is 117 cm³/mol. The SMILES string of the molecule is CCCCCCCCCCCCCCCC(O)CC(=O)OCc1ccccc1. The van der Waals surface area contributed by atoms with E-state index in [2.05, 4.69) is 6.92 Å². The van der Waals surface area contributed by atoms with E-state index in [1.165, 1.54) is 70.6 Å². The molecule has 0 aliphatic rings. The predicted octanol–water partition coefficient (Wildman–Crippen LogP) is 6.96. The van der Waals surface area contributed by atoms with Gasteiger partial charge < -0.3 is 9.84 Å². The van der Waals surface area contributed by atoms with Gasteiger partial charge in [0.1, 0.15) is 6.61 Å². The highest BCUT2D eigenvalue weighted by atomic mass is 16.5. The summed E-state index contributed by atoms with van der Waals surface area (Å²) in [4.78, 5) is 11.8. The van der Waals surface area contributed by atoms with Crippen LogP contribution >= 0.6 is 0 Å². The highest BCUT2D eigenvalue weighted by molar-refractivity contribution is 5.69. The first-order valence-corrected chi connectivity index (χ1v) is 11.6. The summed E-state index contributed by atoms with van der Waals surface area (Å²) in [5.74, 6) is -0.314. The van der Waals surface area contributed by atoms with Gasteiger partial charge in [-0.15, -0.1) is 0 Å². The number of benzene rings is 1. The monoisotopic (exact) mass is 390 g/mol. The minimum absolute atomic E-state index is 0.102. The first-order valence-electron chi connectivity index (χ1n) is 11.6. The van der Waals surface area contributed by atoms with E-state index in [0.29, 0.717) is 6.42 Å². The zero-order chi connectivity index (χ0) is 20.3. The van der Waals surface area contributed by atoms with Gasteiger partial charge in [-0.3, -0.25) is 4.79 Å². The molecule has 1 rings (SSSR count). The number of carbonyl (C=O) groups is 1. The Morgan fingerprint density at radius 2 is 1.32 bits per heavy atom. The Balaban J connectivity index is 1.86. The Morgan fingerprint density at radius 3 is 1.86 bits per heavy atom. The smallest absolute Gasteiger partial charge is 0.308 e. The van der Waals surface area contributed by atoms with E-state index >= 15 is 0 Å². The van der Waals surface area contributed by atoms with Gasteiger partial charge in [0.05, 0.1) is 12.5 Å². The van der Waals surface area contributed by atoms with Crippen molar-refractivity contribution < 1.29 is 14.6 Å². The van der Waals surface area contributed by atoms with Crippen molar-refractivity contribution in [3.63, 3.8) is 0 Å². The normalized spacial score (nSPS) is 12.1. The summed E-state index contributed by atoms with van der Waals surface area (Å²) in [5, 5.41) is 9.99. The van der Waals surface area contributed by atoms with E-state index in [4.69, 9.17) is 4.74 Å². The Bertz CT molecular complexity index is 472. The minimum atomic E-state index is -0.573. The number of aliphatic hydroxyl groups excluding tert-OH is 1. The second-order valence-corrected chi connectivity index (χ2v) is 8.04. The van der Waals surface area contributed by atoms with Crippen molar-refractivity contribution in [2.24, 2.45) is 0 Å². The van der Waals surface area contributed by atoms with Gasteiger partial charge in [-0.2, -0.15) is 0 Å². The Labute approximate surface area is 172 Å². The number of hydrogen-bond donors (Lipinski definition) is 1. The highest BCUT2D eigenvalue weighted by Crippen LogP contribution is 2.14. The molecule has 0 heterocycles. The summed E-state index contributed by atoms with van der Waals surface area (Å²) < 4.78 is 5.22. The molecule has 160 valence electrons. The maximum Gasteiger partial charge on any atom is 0.308 e. The molecule has 1 aromatic rings. The fourth-order valence-corrected chi connectivity index (χ4v) is 3.49. The van der Waals surface area contributed by atoms with E-state index in [1.807, 2.05) is 30.3 Å². The molecule has 1 N–H and O–H groups in total. The van der Waals surface area contributed by atoms with Gasteiger partial charge in [0.15, 0.2) is 0 Å². The van der Waals surface area contributed by atoms with Crippen molar-refractivity contribution in [3.05, 3.63) is 35.9 Å². The number of esters is 1. The zero-order valence-corrected chi connectivity index (χ0v) is 18.0. The number of unbranched alkanes of at least 4 members (excludes halogenated alkanes) is 12. The molecule has 1 aromatic carbocycles. The van der Waals surface area contributed by atoms with Gasteiger partial charge >= 0.3 is 5.97 Å². The van der Waals surface area contributed by atoms with Crippen LogP contribution in [-0.4, -0.2) is 17.2 Å². The molecular weight excluding hydrogens is 348 g/mol. The van der Waals surface area contributed by atoms with E-state index in [0.717, 1.165) is 18.4 Å². The van der Waals surface area contributed by atoms with Crippen molar-refractivity contribution in [2.75, 3.05) is 0 Å². The summed E-state index contributed by atoms with van der Waals surface area (Å²) >= 11 is 0. The second kappa shape index (κ2) is 17.7. The third-order valence-electron chi connectivity index (χ3n) is 5.29. The third kappa shape index (κ3) is 14.7. The van der Waals surface area contributed by atoms with Crippen LogP contribution < -0.4 is 0 Å². The molecule has 0 aliphatic heterocycles. The lowest BCUT2D eigenvalue weighted by Gasteiger charge is -2.10. The van der Waals surface area contributed by atoms with Crippen LogP contribution in [-0.2, 0) is 16.1 Å². The van der Waals surface area contributed by atoms with Crippen molar-refractivity contribution in [1.82, 2.24) is 0 Å².